The first kappa shape index (κ1) is 14.0. The third-order valence-corrected chi connectivity index (χ3v) is 3.11. The maximum absolute atomic E-state index is 4.66. The second-order valence-electron chi connectivity index (χ2n) is 3.43. The summed E-state index contributed by atoms with van der Waals surface area (Å²) in [6, 6.07) is 20.8. The average molecular weight is 291 g/mol. The molecular formula is C14H18GeO2. The van der Waals surface area contributed by atoms with E-state index in [1.54, 1.807) is 14.2 Å². The molecule has 0 aliphatic rings. The van der Waals surface area contributed by atoms with E-state index in [2.05, 4.69) is 56.1 Å². The number of rotatable bonds is 3. The molecular weight excluding hydrogens is 273 g/mol. The number of hydrogen-bond donors (Lipinski definition) is 0. The van der Waals surface area contributed by atoms with Gasteiger partial charge in [0.05, 0.1) is 0 Å². The van der Waals surface area contributed by atoms with Crippen molar-refractivity contribution in [3.05, 3.63) is 60.7 Å². The largest absolute Gasteiger partial charge is 0.0622 e. The molecule has 0 bridgehead atoms. The van der Waals surface area contributed by atoms with Gasteiger partial charge in [-0.25, -0.2) is 0 Å². The van der Waals surface area contributed by atoms with Gasteiger partial charge >= 0.3 is 37.9 Å². The van der Waals surface area contributed by atoms with Crippen molar-refractivity contribution >= 4 is 16.1 Å². The third kappa shape index (κ3) is 5.68. The summed E-state index contributed by atoms with van der Waals surface area (Å²) in [5.41, 5.74) is 2.55. The van der Waals surface area contributed by atoms with Crippen LogP contribution in [0.15, 0.2) is 60.7 Å². The minimum Gasteiger partial charge on any atom is -0.0622 e. The van der Waals surface area contributed by atoms with E-state index in [0.29, 0.717) is 0 Å². The molecule has 2 aromatic rings. The van der Waals surface area contributed by atoms with Crippen molar-refractivity contribution < 1.29 is 7.53 Å². The van der Waals surface area contributed by atoms with E-state index < -0.39 is 16.1 Å². The van der Waals surface area contributed by atoms with Gasteiger partial charge in [0.15, 0.2) is 0 Å². The Labute approximate surface area is 110 Å². The van der Waals surface area contributed by atoms with E-state index >= 15 is 0 Å². The predicted octanol–water partition coefficient (Wildman–Crippen LogP) is 2.63. The van der Waals surface area contributed by atoms with E-state index in [1.165, 1.54) is 11.1 Å². The van der Waals surface area contributed by atoms with Crippen LogP contribution in [-0.4, -0.2) is 30.3 Å². The summed E-state index contributed by atoms with van der Waals surface area (Å²) >= 11 is -0.903. The van der Waals surface area contributed by atoms with Crippen LogP contribution in [0.4, 0.5) is 0 Å². The zero-order chi connectivity index (χ0) is 12.3. The van der Waals surface area contributed by atoms with Gasteiger partial charge in [0, 0.05) is 0 Å². The fraction of sp³-hybridized carbons (Fsp3) is 0.143. The van der Waals surface area contributed by atoms with E-state index in [4.69, 9.17) is 0 Å². The Kier molecular flexibility index (Phi) is 7.38. The summed E-state index contributed by atoms with van der Waals surface area (Å²) in [4.78, 5) is 0. The van der Waals surface area contributed by atoms with Crippen LogP contribution in [0.2, 0.25) is 0 Å². The third-order valence-electron chi connectivity index (χ3n) is 2.12. The van der Waals surface area contributed by atoms with Crippen LogP contribution in [0.1, 0.15) is 0 Å². The summed E-state index contributed by atoms with van der Waals surface area (Å²) in [6.45, 7) is 0. The quantitative estimate of drug-likeness (QED) is 0.809. The molecule has 0 unspecified atom stereocenters. The molecule has 0 saturated heterocycles. The summed E-state index contributed by atoms with van der Waals surface area (Å²) in [5, 5.41) is 0. The molecule has 2 aromatic carbocycles. The number of benzene rings is 2. The molecule has 17 heavy (non-hydrogen) atoms. The molecule has 2 nitrogen and oxygen atoms in total. The first-order chi connectivity index (χ1) is 8.38. The topological polar surface area (TPSA) is 18.5 Å². The maximum atomic E-state index is 4.66. The molecule has 3 heteroatoms. The van der Waals surface area contributed by atoms with Crippen molar-refractivity contribution in [3.8, 4) is 11.1 Å². The van der Waals surface area contributed by atoms with Gasteiger partial charge < -0.3 is 0 Å². The summed E-state index contributed by atoms with van der Waals surface area (Å²) in [5.74, 6) is 0. The molecule has 90 valence electrons. The minimum atomic E-state index is -0.903. The zero-order valence-corrected chi connectivity index (χ0v) is 13.3. The molecule has 0 radical (unpaired) electrons. The Bertz CT molecular complexity index is 350. The predicted molar refractivity (Wildman–Crippen MR) is 74.4 cm³/mol. The van der Waals surface area contributed by atoms with Gasteiger partial charge in [-0.3, -0.25) is 0 Å². The van der Waals surface area contributed by atoms with E-state index in [9.17, 15) is 0 Å². The van der Waals surface area contributed by atoms with Crippen molar-refractivity contribution in [2.24, 2.45) is 0 Å². The Hall–Kier alpha value is -1.10. The van der Waals surface area contributed by atoms with Crippen LogP contribution in [0.5, 0.6) is 0 Å². The van der Waals surface area contributed by atoms with Crippen molar-refractivity contribution in [1.29, 1.82) is 0 Å². The molecule has 0 fully saturated rings. The van der Waals surface area contributed by atoms with Crippen molar-refractivity contribution in [1.82, 2.24) is 0 Å². The van der Waals surface area contributed by atoms with Crippen LogP contribution in [0.3, 0.4) is 0 Å². The normalized spacial score (nSPS) is 9.29. The van der Waals surface area contributed by atoms with Crippen LogP contribution in [0, 0.1) is 0 Å². The monoisotopic (exact) mass is 292 g/mol. The maximum Gasteiger partial charge on any atom is -0.0184 e. The zero-order valence-electron chi connectivity index (χ0n) is 10.3. The average Bonchev–Trinajstić information content (AvgIpc) is 2.42. The van der Waals surface area contributed by atoms with Gasteiger partial charge in [0.2, 0.25) is 0 Å². The number of hydrogen-bond acceptors (Lipinski definition) is 2. The van der Waals surface area contributed by atoms with Gasteiger partial charge in [0.1, 0.15) is 0 Å². The van der Waals surface area contributed by atoms with Gasteiger partial charge in [0.25, 0.3) is 0 Å². The molecule has 0 spiro atoms. The molecule has 2 rings (SSSR count). The van der Waals surface area contributed by atoms with Crippen LogP contribution >= 0.6 is 0 Å². The molecule has 0 aliphatic carbocycles. The first-order valence-electron chi connectivity index (χ1n) is 5.47. The fourth-order valence-electron chi connectivity index (χ4n) is 1.38. The van der Waals surface area contributed by atoms with E-state index in [1.807, 2.05) is 12.1 Å². The van der Waals surface area contributed by atoms with Gasteiger partial charge in [-0.05, 0) is 11.1 Å². The van der Waals surface area contributed by atoms with Crippen molar-refractivity contribution in [3.63, 3.8) is 0 Å². The summed E-state index contributed by atoms with van der Waals surface area (Å²) in [6.07, 6.45) is 0. The van der Waals surface area contributed by atoms with E-state index in [0.717, 1.165) is 0 Å². The molecule has 0 saturated carbocycles. The molecule has 0 heterocycles. The SMILES string of the molecule is C[O][GeH2][O]C.c1ccc(-c2ccccc2)cc1. The van der Waals surface area contributed by atoms with Gasteiger partial charge in [-0.2, -0.15) is 0 Å². The van der Waals surface area contributed by atoms with Crippen molar-refractivity contribution in [2.45, 2.75) is 0 Å². The van der Waals surface area contributed by atoms with Crippen molar-refractivity contribution in [2.75, 3.05) is 14.2 Å². The van der Waals surface area contributed by atoms with Gasteiger partial charge in [-0.1, -0.05) is 60.7 Å². The van der Waals surface area contributed by atoms with Crippen LogP contribution in [0.25, 0.3) is 11.1 Å². The molecule has 0 amide bonds. The Morgan fingerprint density at radius 1 is 0.647 bits per heavy atom. The summed E-state index contributed by atoms with van der Waals surface area (Å²) < 4.78 is 9.31. The Balaban J connectivity index is 0.000000249. The summed E-state index contributed by atoms with van der Waals surface area (Å²) in [7, 11) is 3.34. The van der Waals surface area contributed by atoms with E-state index in [-0.39, 0.29) is 0 Å². The standard InChI is InChI=1S/C12H10.C2H8GeO2/c1-3-7-11(8-4-1)12-9-5-2-6-10-12;1-4-3-5-2/h1-10H;3H2,1-2H3. The molecule has 0 aliphatic heterocycles. The van der Waals surface area contributed by atoms with Crippen LogP contribution in [-0.2, 0) is 7.53 Å². The molecule has 0 aromatic heterocycles. The second-order valence-corrected chi connectivity index (χ2v) is 6.34. The van der Waals surface area contributed by atoms with Crippen LogP contribution < -0.4 is 0 Å². The smallest absolute Gasteiger partial charge is 0.0184 e. The van der Waals surface area contributed by atoms with Gasteiger partial charge in [-0.15, -0.1) is 0 Å². The molecule has 0 atom stereocenters. The minimum absolute atomic E-state index is 0.903. The molecule has 0 N–H and O–H groups in total. The second kappa shape index (κ2) is 8.99. The fourth-order valence-corrected chi connectivity index (χ4v) is 1.87. The Morgan fingerprint density at radius 2 is 1.00 bits per heavy atom. The Morgan fingerprint density at radius 3 is 1.24 bits per heavy atom. The first-order valence-corrected chi connectivity index (χ1v) is 7.89.